The maximum atomic E-state index is 12.2. The van der Waals surface area contributed by atoms with E-state index in [4.69, 9.17) is 15.3 Å². The monoisotopic (exact) mass is 627 g/mol. The van der Waals surface area contributed by atoms with Crippen LogP contribution in [0.4, 0.5) is 0 Å². The maximum Gasteiger partial charge on any atom is 0.331 e. The molecule has 0 aliphatic carbocycles. The summed E-state index contributed by atoms with van der Waals surface area (Å²) >= 11 is 0. The Hall–Kier alpha value is -0.910. The molecule has 0 amide bonds. The predicted molar refractivity (Wildman–Crippen MR) is 190 cm³/mol. The van der Waals surface area contributed by atoms with Gasteiger partial charge >= 0.3 is 5.97 Å². The number of rotatable bonds is 32. The average Bonchev–Trinajstić information content (AvgIpc) is 3.03. The second kappa shape index (κ2) is 35.0. The van der Waals surface area contributed by atoms with Crippen LogP contribution in [0.5, 0.6) is 0 Å². The van der Waals surface area contributed by atoms with Gasteiger partial charge in [-0.3, -0.25) is 0 Å². The van der Waals surface area contributed by atoms with E-state index in [1.54, 1.807) is 0 Å². The van der Waals surface area contributed by atoms with E-state index in [1.165, 1.54) is 153 Å². The summed E-state index contributed by atoms with van der Waals surface area (Å²) in [4.78, 5) is 12.2. The molecule has 0 heterocycles. The average molecular weight is 627 g/mol. The molecule has 0 saturated heterocycles. The van der Waals surface area contributed by atoms with E-state index < -0.39 is 11.4 Å². The van der Waals surface area contributed by atoms with Crippen molar-refractivity contribution in [1.82, 2.24) is 0 Å². The lowest BCUT2D eigenvalue weighted by Crippen LogP contribution is -2.32. The normalized spacial score (nSPS) is 11.3. The highest BCUT2D eigenvalue weighted by atomic mass is 16.4. The van der Waals surface area contributed by atoms with Crippen LogP contribution in [0.1, 0.15) is 207 Å². The van der Waals surface area contributed by atoms with Crippen LogP contribution >= 0.6 is 0 Å². The van der Waals surface area contributed by atoms with Crippen LogP contribution in [0.3, 0.4) is 0 Å². The van der Waals surface area contributed by atoms with Gasteiger partial charge in [-0.05, 0) is 44.9 Å². The second-order valence-corrected chi connectivity index (χ2v) is 13.4. The fourth-order valence-corrected chi connectivity index (χ4v) is 5.73. The minimum Gasteiger partial charge on any atom is -0.478 e. The fraction of sp³-hybridized carbons (Fsp3) is 0.923. The van der Waals surface area contributed by atoms with Gasteiger partial charge in [0.15, 0.2) is 0 Å². The van der Waals surface area contributed by atoms with E-state index in [1.807, 2.05) is 6.92 Å². The lowest BCUT2D eigenvalue weighted by atomic mass is 9.88. The third kappa shape index (κ3) is 27.4. The Morgan fingerprint density at radius 1 is 0.432 bits per heavy atom. The number of allylic oxidation sites excluding steroid dienone is 1. The number of hydrogen-bond donors (Lipinski definition) is 4. The molecule has 0 fully saturated rings. The molecule has 0 spiro atoms. The number of aliphatic hydroxyl groups excluding tert-OH is 3. The van der Waals surface area contributed by atoms with E-state index >= 15 is 0 Å². The Morgan fingerprint density at radius 3 is 0.932 bits per heavy atom. The number of unbranched alkanes of at least 4 members (excludes halogenated alkanes) is 21. The summed E-state index contributed by atoms with van der Waals surface area (Å²) in [6.45, 7) is 8.16. The molecule has 264 valence electrons. The molecule has 5 nitrogen and oxygen atoms in total. The Kier molecular flexibility index (Phi) is 35.9. The number of aliphatic hydroxyl groups is 3. The second-order valence-electron chi connectivity index (χ2n) is 13.4. The summed E-state index contributed by atoms with van der Waals surface area (Å²) in [5, 5.41) is 36.0. The third-order valence-corrected chi connectivity index (χ3v) is 9.39. The molecule has 44 heavy (non-hydrogen) atoms. The largest absolute Gasteiger partial charge is 0.478 e. The van der Waals surface area contributed by atoms with E-state index in [-0.39, 0.29) is 19.8 Å². The van der Waals surface area contributed by atoms with E-state index in [2.05, 4.69) is 20.8 Å². The van der Waals surface area contributed by atoms with Crippen molar-refractivity contribution < 1.29 is 25.2 Å². The number of hydrogen-bond acceptors (Lipinski definition) is 4. The highest BCUT2D eigenvalue weighted by Gasteiger charge is 2.24. The van der Waals surface area contributed by atoms with Gasteiger partial charge in [-0.2, -0.15) is 0 Å². The molecule has 0 unspecified atom stereocenters. The number of aliphatic carboxylic acids is 1. The van der Waals surface area contributed by atoms with E-state index in [0.717, 1.165) is 31.3 Å². The smallest absolute Gasteiger partial charge is 0.331 e. The molecule has 0 aromatic heterocycles. The zero-order valence-corrected chi connectivity index (χ0v) is 30.1. The highest BCUT2D eigenvalue weighted by molar-refractivity contribution is 5.87. The lowest BCUT2D eigenvalue weighted by molar-refractivity contribution is -0.132. The Bertz CT molecular complexity index is 586. The molecule has 0 aliphatic heterocycles. The zero-order chi connectivity index (χ0) is 33.2. The van der Waals surface area contributed by atoms with Crippen molar-refractivity contribution in [2.45, 2.75) is 207 Å². The Morgan fingerprint density at radius 2 is 0.705 bits per heavy atom. The van der Waals surface area contributed by atoms with Gasteiger partial charge in [-0.25, -0.2) is 4.79 Å². The van der Waals surface area contributed by atoms with Crippen molar-refractivity contribution in [2.75, 3.05) is 19.8 Å². The van der Waals surface area contributed by atoms with Gasteiger partial charge in [0, 0.05) is 11.0 Å². The molecule has 0 rings (SSSR count). The topological polar surface area (TPSA) is 98.0 Å². The minimum absolute atomic E-state index is 0.156. The molecular formula is C39H78O5. The van der Waals surface area contributed by atoms with E-state index in [9.17, 15) is 9.90 Å². The van der Waals surface area contributed by atoms with Crippen molar-refractivity contribution in [3.8, 4) is 0 Å². The van der Waals surface area contributed by atoms with Gasteiger partial charge in [0.1, 0.15) is 0 Å². The molecule has 0 bridgehead atoms. The van der Waals surface area contributed by atoms with Gasteiger partial charge in [-0.15, -0.1) is 0 Å². The first-order valence-corrected chi connectivity index (χ1v) is 19.2. The van der Waals surface area contributed by atoms with Crippen LogP contribution in [-0.2, 0) is 4.79 Å². The van der Waals surface area contributed by atoms with Gasteiger partial charge in [0.05, 0.1) is 19.8 Å². The first-order chi connectivity index (χ1) is 21.4. The van der Waals surface area contributed by atoms with Crippen LogP contribution < -0.4 is 0 Å². The van der Waals surface area contributed by atoms with Crippen molar-refractivity contribution in [3.63, 3.8) is 0 Å². The van der Waals surface area contributed by atoms with Crippen LogP contribution in [0.25, 0.3) is 0 Å². The summed E-state index contributed by atoms with van der Waals surface area (Å²) < 4.78 is 0. The maximum absolute atomic E-state index is 12.2. The quantitative estimate of drug-likeness (QED) is 0.0440. The third-order valence-electron chi connectivity index (χ3n) is 9.39. The minimum atomic E-state index is -0.667. The summed E-state index contributed by atoms with van der Waals surface area (Å²) in [6.07, 6.45) is 34.6. The van der Waals surface area contributed by atoms with Crippen molar-refractivity contribution >= 4 is 5.97 Å². The fourth-order valence-electron chi connectivity index (χ4n) is 5.73. The first kappa shape index (κ1) is 45.2. The molecule has 0 aromatic rings. The standard InChI is InChI=1S/C33H64O2.C6H14O3/c1-4-7-10-13-16-19-22-25-28-31(29-26-23-20-17-14-11-8-5-2)32(33(34)35)30-27-24-21-18-15-12-9-6-3;1-2-6(3-7,4-8)5-9/h4-30H2,1-3H3,(H,34,35);7-9H,2-5H2,1H3. The molecule has 0 radical (unpaired) electrons. The van der Waals surface area contributed by atoms with Crippen molar-refractivity contribution in [3.05, 3.63) is 11.1 Å². The summed E-state index contributed by atoms with van der Waals surface area (Å²) in [7, 11) is 0. The first-order valence-electron chi connectivity index (χ1n) is 19.2. The molecule has 0 saturated carbocycles. The Labute approximate surface area is 274 Å². The van der Waals surface area contributed by atoms with Gasteiger partial charge in [0.25, 0.3) is 0 Å². The molecule has 4 N–H and O–H groups in total. The molecular weight excluding hydrogens is 548 g/mol. The molecule has 0 aromatic carbocycles. The van der Waals surface area contributed by atoms with Gasteiger partial charge in [0.2, 0.25) is 0 Å². The van der Waals surface area contributed by atoms with Crippen LogP contribution in [0, 0.1) is 5.41 Å². The summed E-state index contributed by atoms with van der Waals surface area (Å²) in [5.74, 6) is -0.637. The van der Waals surface area contributed by atoms with Gasteiger partial charge < -0.3 is 20.4 Å². The number of carboxylic acids is 1. The van der Waals surface area contributed by atoms with Crippen LogP contribution in [0.15, 0.2) is 11.1 Å². The predicted octanol–water partition coefficient (Wildman–Crippen LogP) is 11.3. The molecule has 0 aliphatic rings. The summed E-state index contributed by atoms with van der Waals surface area (Å²) in [6, 6.07) is 0. The Balaban J connectivity index is 0. The SMILES string of the molecule is CCC(CO)(CO)CO.CCCCCCCCCCC(CCCCCCCCCC)=C(CCCCCCCCCC)C(=O)O. The lowest BCUT2D eigenvalue weighted by Gasteiger charge is -2.24. The van der Waals surface area contributed by atoms with Crippen LogP contribution in [-0.4, -0.2) is 46.2 Å². The summed E-state index contributed by atoms with van der Waals surface area (Å²) in [5.41, 5.74) is 1.40. The van der Waals surface area contributed by atoms with Crippen molar-refractivity contribution in [2.24, 2.45) is 5.41 Å². The van der Waals surface area contributed by atoms with Crippen LogP contribution in [0.2, 0.25) is 0 Å². The molecule has 0 atom stereocenters. The number of carboxylic acid groups (broad SMARTS) is 1. The number of carbonyl (C=O) groups is 1. The van der Waals surface area contributed by atoms with E-state index in [0.29, 0.717) is 6.42 Å². The van der Waals surface area contributed by atoms with Crippen molar-refractivity contribution in [1.29, 1.82) is 0 Å². The zero-order valence-electron chi connectivity index (χ0n) is 30.1. The van der Waals surface area contributed by atoms with Gasteiger partial charge in [-0.1, -0.05) is 168 Å². The highest BCUT2D eigenvalue weighted by Crippen LogP contribution is 2.26. The molecule has 5 heteroatoms.